The predicted octanol–water partition coefficient (Wildman–Crippen LogP) is 3.29. The third-order valence-corrected chi connectivity index (χ3v) is 4.28. The van der Waals surface area contributed by atoms with E-state index in [9.17, 15) is 4.79 Å². The van der Waals surface area contributed by atoms with E-state index in [1.54, 1.807) is 0 Å². The van der Waals surface area contributed by atoms with Gasteiger partial charge in [-0.2, -0.15) is 0 Å². The molecule has 0 N–H and O–H groups in total. The smallest absolute Gasteiger partial charge is 0.150 e. The van der Waals surface area contributed by atoms with Gasteiger partial charge in [-0.15, -0.1) is 11.8 Å². The van der Waals surface area contributed by atoms with Gasteiger partial charge >= 0.3 is 0 Å². The molecule has 0 aromatic heterocycles. The fraction of sp³-hybridized carbons (Fsp3) is 0.154. The van der Waals surface area contributed by atoms with E-state index in [1.807, 2.05) is 36.0 Å². The van der Waals surface area contributed by atoms with E-state index in [4.69, 9.17) is 0 Å². The average molecular weight is 214 g/mol. The highest BCUT2D eigenvalue weighted by Crippen LogP contribution is 2.54. The first-order valence-electron chi connectivity index (χ1n) is 4.95. The molecule has 0 spiro atoms. The van der Waals surface area contributed by atoms with Gasteiger partial charge in [-0.05, 0) is 23.6 Å². The minimum Gasteiger partial charge on any atom is -0.298 e. The summed E-state index contributed by atoms with van der Waals surface area (Å²) in [5, 5.41) is 0.644. The Kier molecular flexibility index (Phi) is 1.86. The van der Waals surface area contributed by atoms with Crippen molar-refractivity contribution in [2.75, 3.05) is 0 Å². The summed E-state index contributed by atoms with van der Waals surface area (Å²) in [7, 11) is 0. The molecule has 1 unspecified atom stereocenters. The molecule has 0 amide bonds. The summed E-state index contributed by atoms with van der Waals surface area (Å²) in [6.45, 7) is 2.18. The van der Waals surface area contributed by atoms with Crippen molar-refractivity contribution in [1.29, 1.82) is 0 Å². The molecule has 2 heteroatoms. The van der Waals surface area contributed by atoms with Crippen molar-refractivity contribution in [1.82, 2.24) is 0 Å². The summed E-state index contributed by atoms with van der Waals surface area (Å²) in [6, 6.07) is 7.81. The molecule has 0 fully saturated rings. The summed E-state index contributed by atoms with van der Waals surface area (Å²) in [6.07, 6.45) is 3.18. The Balaban J connectivity index is 1.99. The van der Waals surface area contributed by atoms with Crippen LogP contribution < -0.4 is 0 Å². The van der Waals surface area contributed by atoms with Gasteiger partial charge in [0.05, 0.1) is 5.25 Å². The largest absolute Gasteiger partial charge is 0.298 e. The SMILES string of the molecule is CC1=C(c2ccc(C=O)cc2)SC2C=C12. The van der Waals surface area contributed by atoms with Gasteiger partial charge in [0.1, 0.15) is 6.29 Å². The summed E-state index contributed by atoms with van der Waals surface area (Å²) >= 11 is 1.91. The maximum Gasteiger partial charge on any atom is 0.150 e. The molecule has 1 atom stereocenters. The molecular weight excluding hydrogens is 204 g/mol. The second-order valence-electron chi connectivity index (χ2n) is 3.85. The van der Waals surface area contributed by atoms with Crippen LogP contribution >= 0.6 is 11.8 Å². The normalized spacial score (nSPS) is 22.5. The summed E-state index contributed by atoms with van der Waals surface area (Å²) in [4.78, 5) is 11.9. The topological polar surface area (TPSA) is 17.1 Å². The zero-order valence-corrected chi connectivity index (χ0v) is 9.17. The van der Waals surface area contributed by atoms with E-state index >= 15 is 0 Å². The Morgan fingerprint density at radius 2 is 2.00 bits per heavy atom. The maximum atomic E-state index is 10.5. The summed E-state index contributed by atoms with van der Waals surface area (Å²) in [5.41, 5.74) is 4.87. The number of allylic oxidation sites excluding steroid dienone is 1. The van der Waals surface area contributed by atoms with Crippen molar-refractivity contribution in [3.63, 3.8) is 0 Å². The van der Waals surface area contributed by atoms with Crippen LogP contribution in [0.2, 0.25) is 0 Å². The van der Waals surface area contributed by atoms with Crippen molar-refractivity contribution in [2.45, 2.75) is 12.2 Å². The summed E-state index contributed by atoms with van der Waals surface area (Å²) < 4.78 is 0. The van der Waals surface area contributed by atoms with Crippen LogP contribution in [0, 0.1) is 0 Å². The number of carbonyl (C=O) groups is 1. The molecule has 3 rings (SSSR count). The third-order valence-electron chi connectivity index (χ3n) is 2.86. The molecule has 0 saturated carbocycles. The van der Waals surface area contributed by atoms with E-state index in [2.05, 4.69) is 13.0 Å². The lowest BCUT2D eigenvalue weighted by molar-refractivity contribution is 0.112. The van der Waals surface area contributed by atoms with Gasteiger partial charge in [0.25, 0.3) is 0 Å². The number of thioether (sulfide) groups is 1. The first kappa shape index (κ1) is 8.98. The highest BCUT2D eigenvalue weighted by atomic mass is 32.2. The van der Waals surface area contributed by atoms with E-state index in [0.29, 0.717) is 5.25 Å². The minimum absolute atomic E-state index is 0.644. The van der Waals surface area contributed by atoms with Crippen LogP contribution in [0.25, 0.3) is 4.91 Å². The van der Waals surface area contributed by atoms with Gasteiger partial charge in [-0.1, -0.05) is 30.3 Å². The van der Waals surface area contributed by atoms with E-state index in [0.717, 1.165) is 11.8 Å². The second-order valence-corrected chi connectivity index (χ2v) is 5.01. The fourth-order valence-corrected chi connectivity index (χ4v) is 3.23. The van der Waals surface area contributed by atoms with Crippen LogP contribution in [-0.4, -0.2) is 11.5 Å². The number of benzene rings is 1. The fourth-order valence-electron chi connectivity index (χ4n) is 1.89. The van der Waals surface area contributed by atoms with Gasteiger partial charge < -0.3 is 0 Å². The van der Waals surface area contributed by atoms with E-state index in [1.165, 1.54) is 21.6 Å². The molecule has 1 heterocycles. The van der Waals surface area contributed by atoms with Gasteiger partial charge in [0, 0.05) is 10.5 Å². The molecule has 74 valence electrons. The van der Waals surface area contributed by atoms with Crippen molar-refractivity contribution in [3.05, 3.63) is 52.6 Å². The predicted molar refractivity (Wildman–Crippen MR) is 63.9 cm³/mol. The Morgan fingerprint density at radius 3 is 2.53 bits per heavy atom. The Morgan fingerprint density at radius 1 is 1.27 bits per heavy atom. The van der Waals surface area contributed by atoms with Crippen LogP contribution in [0.5, 0.6) is 0 Å². The quantitative estimate of drug-likeness (QED) is 0.703. The van der Waals surface area contributed by atoms with Crippen LogP contribution in [-0.2, 0) is 0 Å². The number of rotatable bonds is 2. The zero-order chi connectivity index (χ0) is 10.4. The Labute approximate surface area is 92.9 Å². The van der Waals surface area contributed by atoms with Crippen molar-refractivity contribution < 1.29 is 4.79 Å². The average Bonchev–Trinajstić information content (AvgIpc) is 2.98. The maximum absolute atomic E-state index is 10.5. The molecule has 0 saturated heterocycles. The van der Waals surface area contributed by atoms with E-state index < -0.39 is 0 Å². The first-order valence-corrected chi connectivity index (χ1v) is 5.83. The van der Waals surface area contributed by atoms with Gasteiger partial charge in [0.15, 0.2) is 0 Å². The number of aldehydes is 1. The van der Waals surface area contributed by atoms with Crippen LogP contribution in [0.4, 0.5) is 0 Å². The molecule has 1 aliphatic carbocycles. The molecule has 1 aliphatic heterocycles. The van der Waals surface area contributed by atoms with Crippen LogP contribution in [0.3, 0.4) is 0 Å². The molecule has 1 aromatic rings. The number of hydrogen-bond donors (Lipinski definition) is 0. The second kappa shape index (κ2) is 3.11. The lowest BCUT2D eigenvalue weighted by Gasteiger charge is -2.04. The lowest BCUT2D eigenvalue weighted by atomic mass is 10.1. The van der Waals surface area contributed by atoms with Crippen LogP contribution in [0.15, 0.2) is 41.5 Å². The first-order chi connectivity index (χ1) is 7.29. The Hall–Kier alpha value is -1.28. The molecule has 2 aliphatic rings. The van der Waals surface area contributed by atoms with E-state index in [-0.39, 0.29) is 0 Å². The van der Waals surface area contributed by atoms with Crippen molar-refractivity contribution >= 4 is 23.0 Å². The number of fused-ring (bicyclic) bond motifs is 1. The van der Waals surface area contributed by atoms with Crippen molar-refractivity contribution in [3.8, 4) is 0 Å². The zero-order valence-electron chi connectivity index (χ0n) is 8.36. The minimum atomic E-state index is 0.644. The third kappa shape index (κ3) is 1.37. The molecule has 1 aromatic carbocycles. The van der Waals surface area contributed by atoms with Crippen LogP contribution in [0.1, 0.15) is 22.8 Å². The highest BCUT2D eigenvalue weighted by Gasteiger charge is 2.36. The molecule has 0 bridgehead atoms. The number of hydrogen-bond acceptors (Lipinski definition) is 2. The van der Waals surface area contributed by atoms with Gasteiger partial charge in [-0.3, -0.25) is 4.79 Å². The molecule has 1 nitrogen and oxygen atoms in total. The van der Waals surface area contributed by atoms with Gasteiger partial charge in [0.2, 0.25) is 0 Å². The molecule has 15 heavy (non-hydrogen) atoms. The molecular formula is C13H10OS. The lowest BCUT2D eigenvalue weighted by Crippen LogP contribution is -1.84. The van der Waals surface area contributed by atoms with Gasteiger partial charge in [-0.25, -0.2) is 0 Å². The van der Waals surface area contributed by atoms with Crippen molar-refractivity contribution in [2.24, 2.45) is 0 Å². The summed E-state index contributed by atoms with van der Waals surface area (Å²) in [5.74, 6) is 0. The monoisotopic (exact) mass is 214 g/mol. The molecule has 0 radical (unpaired) electrons. The Bertz CT molecular complexity index is 494. The standard InChI is InChI=1S/C13H10OS/c1-8-11-6-12(11)15-13(8)10-4-2-9(7-14)3-5-10/h2-7,12H,1H3. The number of carbonyl (C=O) groups excluding carboxylic acids is 1. The highest BCUT2D eigenvalue weighted by molar-refractivity contribution is 8.10.